The lowest BCUT2D eigenvalue weighted by Gasteiger charge is -2.32. The summed E-state index contributed by atoms with van der Waals surface area (Å²) >= 11 is 0. The molecule has 2 aromatic rings. The molecule has 2 fully saturated rings. The van der Waals surface area contributed by atoms with E-state index in [-0.39, 0.29) is 35.5 Å². The molecule has 2 saturated carbocycles. The van der Waals surface area contributed by atoms with Crippen LogP contribution >= 0.6 is 0 Å². The third-order valence-corrected chi connectivity index (χ3v) is 8.75. The van der Waals surface area contributed by atoms with Gasteiger partial charge >= 0.3 is 0 Å². The predicted molar refractivity (Wildman–Crippen MR) is 163 cm³/mol. The van der Waals surface area contributed by atoms with E-state index in [2.05, 4.69) is 10.6 Å². The summed E-state index contributed by atoms with van der Waals surface area (Å²) in [7, 11) is 0. The Morgan fingerprint density at radius 3 is 1.31 bits per heavy atom. The van der Waals surface area contributed by atoms with Gasteiger partial charge in [-0.3, -0.25) is 19.2 Å². The number of nitrogens with zero attached hydrogens (tertiary/aromatic N) is 2. The molecule has 2 aliphatic heterocycles. The molecule has 2 atom stereocenters. The maximum Gasteiger partial charge on any atom is 0.251 e. The largest absolute Gasteiger partial charge is 0.324 e. The van der Waals surface area contributed by atoms with Gasteiger partial charge in [-0.2, -0.15) is 0 Å². The average molecular weight is 565 g/mol. The van der Waals surface area contributed by atoms with Crippen LogP contribution in [0.15, 0.2) is 72.8 Å². The Morgan fingerprint density at radius 1 is 0.595 bits per heavy atom. The van der Waals surface area contributed by atoms with Gasteiger partial charge in [0.1, 0.15) is 12.1 Å². The van der Waals surface area contributed by atoms with Crippen LogP contribution < -0.4 is 10.6 Å². The van der Waals surface area contributed by atoms with Gasteiger partial charge in [0.25, 0.3) is 11.8 Å². The summed E-state index contributed by atoms with van der Waals surface area (Å²) in [6, 6.07) is 14.0. The molecule has 0 unspecified atom stereocenters. The van der Waals surface area contributed by atoms with Gasteiger partial charge in [0.15, 0.2) is 0 Å². The maximum atomic E-state index is 12.9. The molecule has 0 spiro atoms. The fourth-order valence-corrected chi connectivity index (χ4v) is 5.71. The van der Waals surface area contributed by atoms with E-state index in [4.69, 9.17) is 0 Å². The summed E-state index contributed by atoms with van der Waals surface area (Å²) in [6.07, 6.45) is 17.2. The van der Waals surface area contributed by atoms with Crippen molar-refractivity contribution in [3.8, 4) is 0 Å². The Morgan fingerprint density at radius 2 is 0.976 bits per heavy atom. The topological polar surface area (TPSA) is 98.8 Å². The quantitative estimate of drug-likeness (QED) is 0.353. The molecular weight excluding hydrogens is 528 g/mol. The van der Waals surface area contributed by atoms with Crippen molar-refractivity contribution in [2.45, 2.75) is 50.6 Å². The normalized spacial score (nSPS) is 21.8. The number of rotatable bonds is 8. The Bertz CT molecular complexity index is 1330. The first-order valence-electron chi connectivity index (χ1n) is 14.9. The number of carbonyl (C=O) groups excluding carboxylic acids is 4. The molecule has 4 aliphatic rings. The first-order chi connectivity index (χ1) is 20.5. The molecule has 216 valence electrons. The number of nitrogens with one attached hydrogen (secondary N) is 2. The van der Waals surface area contributed by atoms with Crippen molar-refractivity contribution in [3.63, 3.8) is 0 Å². The van der Waals surface area contributed by atoms with E-state index in [0.29, 0.717) is 24.5 Å². The highest BCUT2D eigenvalue weighted by atomic mass is 16.2. The Labute approximate surface area is 246 Å². The van der Waals surface area contributed by atoms with Crippen molar-refractivity contribution in [2.24, 2.45) is 11.8 Å². The van der Waals surface area contributed by atoms with Crippen molar-refractivity contribution in [1.82, 2.24) is 9.80 Å². The zero-order valence-electron chi connectivity index (χ0n) is 23.6. The Hall–Kier alpha value is -4.46. The Kier molecular flexibility index (Phi) is 8.04. The van der Waals surface area contributed by atoms with E-state index in [0.717, 1.165) is 49.7 Å². The van der Waals surface area contributed by atoms with Crippen LogP contribution in [0.3, 0.4) is 0 Å². The van der Waals surface area contributed by atoms with Gasteiger partial charge in [0.2, 0.25) is 11.8 Å². The van der Waals surface area contributed by atoms with Gasteiger partial charge < -0.3 is 20.4 Å². The summed E-state index contributed by atoms with van der Waals surface area (Å²) in [5.74, 6) is -0.113. The molecule has 6 rings (SSSR count). The van der Waals surface area contributed by atoms with Gasteiger partial charge in [-0.05, 0) is 61.1 Å². The molecule has 42 heavy (non-hydrogen) atoms. The minimum atomic E-state index is -0.561. The van der Waals surface area contributed by atoms with E-state index in [9.17, 15) is 19.2 Å². The lowest BCUT2D eigenvalue weighted by molar-refractivity contribution is -0.141. The highest BCUT2D eigenvalue weighted by Crippen LogP contribution is 2.31. The zero-order chi connectivity index (χ0) is 29.1. The molecule has 0 bridgehead atoms. The lowest BCUT2D eigenvalue weighted by Crippen LogP contribution is -2.47. The van der Waals surface area contributed by atoms with Crippen molar-refractivity contribution >= 4 is 47.2 Å². The second-order valence-electron chi connectivity index (χ2n) is 11.5. The fourth-order valence-electron chi connectivity index (χ4n) is 5.71. The number of carbonyl (C=O) groups is 4. The van der Waals surface area contributed by atoms with Crippen molar-refractivity contribution in [3.05, 3.63) is 84.0 Å². The summed E-state index contributed by atoms with van der Waals surface area (Å²) in [6.45, 7) is 0.977. The molecule has 4 amide bonds. The highest BCUT2D eigenvalue weighted by molar-refractivity contribution is 6.00. The lowest BCUT2D eigenvalue weighted by atomic mass is 9.84. The third kappa shape index (κ3) is 5.93. The number of hydrogen-bond acceptors (Lipinski definition) is 4. The Balaban J connectivity index is 0.999. The molecule has 0 aromatic heterocycles. The summed E-state index contributed by atoms with van der Waals surface area (Å²) < 4.78 is 0. The summed E-state index contributed by atoms with van der Waals surface area (Å²) in [4.78, 5) is 54.5. The molecular formula is C34H36N4O4. The molecule has 2 aromatic carbocycles. The van der Waals surface area contributed by atoms with Crippen LogP contribution in [0.25, 0.3) is 12.2 Å². The standard InChI is InChI=1S/C34H36N4O4/c39-31(29-9-3-21-37(29)33(41)25-5-1-6-25)35-27-17-13-23(14-18-27)11-12-24-15-19-28(20-16-24)36-32(40)30-10-4-22-38(30)34(42)26-7-2-8-26/h3-4,9-20,25-26,29-30H,1-2,5-8,21-22H2,(H,35,39)(H,36,40)/b12-11+/t29-,30-/m0/s1. The van der Waals surface area contributed by atoms with Crippen LogP contribution in [0.2, 0.25) is 0 Å². The van der Waals surface area contributed by atoms with Gasteiger partial charge in [-0.15, -0.1) is 0 Å². The number of hydrogen-bond donors (Lipinski definition) is 2. The van der Waals surface area contributed by atoms with Gasteiger partial charge in [-0.25, -0.2) is 0 Å². The van der Waals surface area contributed by atoms with E-state index in [1.165, 1.54) is 0 Å². The average Bonchev–Trinajstić information content (AvgIpc) is 3.62. The molecule has 8 nitrogen and oxygen atoms in total. The van der Waals surface area contributed by atoms with Crippen LogP contribution in [0.4, 0.5) is 11.4 Å². The van der Waals surface area contributed by atoms with Crippen molar-refractivity contribution in [1.29, 1.82) is 0 Å². The van der Waals surface area contributed by atoms with Crippen molar-refractivity contribution in [2.75, 3.05) is 23.7 Å². The van der Waals surface area contributed by atoms with Crippen LogP contribution in [-0.4, -0.2) is 58.6 Å². The van der Waals surface area contributed by atoms with Gasteiger partial charge in [-0.1, -0.05) is 73.6 Å². The monoisotopic (exact) mass is 564 g/mol. The third-order valence-electron chi connectivity index (χ3n) is 8.75. The first-order valence-corrected chi connectivity index (χ1v) is 14.9. The number of anilines is 2. The van der Waals surface area contributed by atoms with Gasteiger partial charge in [0, 0.05) is 36.3 Å². The summed E-state index contributed by atoms with van der Waals surface area (Å²) in [5.41, 5.74) is 3.30. The molecule has 2 heterocycles. The first kappa shape index (κ1) is 27.7. The second-order valence-corrected chi connectivity index (χ2v) is 11.5. The van der Waals surface area contributed by atoms with E-state index in [1.807, 2.05) is 72.8 Å². The molecule has 2 aliphatic carbocycles. The van der Waals surface area contributed by atoms with Crippen molar-refractivity contribution < 1.29 is 19.2 Å². The van der Waals surface area contributed by atoms with Gasteiger partial charge in [0.05, 0.1) is 0 Å². The van der Waals surface area contributed by atoms with Crippen LogP contribution in [-0.2, 0) is 19.2 Å². The molecule has 8 heteroatoms. The van der Waals surface area contributed by atoms with E-state index in [1.54, 1.807) is 22.0 Å². The predicted octanol–water partition coefficient (Wildman–Crippen LogP) is 4.87. The van der Waals surface area contributed by atoms with E-state index >= 15 is 0 Å². The van der Waals surface area contributed by atoms with E-state index < -0.39 is 12.1 Å². The number of amides is 4. The minimum absolute atomic E-state index is 0.0646. The SMILES string of the molecule is O=C(Nc1ccc(/C=C/c2ccc(NC(=O)[C@@H]3C=CCN3C(=O)C3CCC3)cc2)cc1)[C@@H]1C=CCN1C(=O)C1CCC1. The minimum Gasteiger partial charge on any atom is -0.324 e. The smallest absolute Gasteiger partial charge is 0.251 e. The maximum absolute atomic E-state index is 12.9. The van der Waals surface area contributed by atoms with Crippen LogP contribution in [0, 0.1) is 11.8 Å². The second kappa shape index (κ2) is 12.2. The zero-order valence-corrected chi connectivity index (χ0v) is 23.6. The molecule has 2 N–H and O–H groups in total. The highest BCUT2D eigenvalue weighted by Gasteiger charge is 2.37. The van der Waals surface area contributed by atoms with Crippen LogP contribution in [0.5, 0.6) is 0 Å². The number of benzene rings is 2. The molecule has 0 saturated heterocycles. The molecule has 0 radical (unpaired) electrons. The summed E-state index contributed by atoms with van der Waals surface area (Å²) in [5, 5.41) is 5.88. The van der Waals surface area contributed by atoms with Crippen LogP contribution in [0.1, 0.15) is 49.7 Å². The fraction of sp³-hybridized carbons (Fsp3) is 0.353.